The summed E-state index contributed by atoms with van der Waals surface area (Å²) in [6.07, 6.45) is 4.44. The van der Waals surface area contributed by atoms with Crippen LogP contribution in [0.2, 0.25) is 0 Å². The highest BCUT2D eigenvalue weighted by molar-refractivity contribution is 5.97. The molecule has 0 bridgehead atoms. The zero-order valence-electron chi connectivity index (χ0n) is 13.6. The summed E-state index contributed by atoms with van der Waals surface area (Å²) in [5, 5.41) is 0. The van der Waals surface area contributed by atoms with Gasteiger partial charge in [0.1, 0.15) is 0 Å². The number of Topliss-reactive ketones (excluding diaryl/α,β-unsaturated/α-hetero) is 1. The zero-order valence-corrected chi connectivity index (χ0v) is 13.6. The Bertz CT molecular complexity index is 463. The first-order chi connectivity index (χ1) is 9.19. The van der Waals surface area contributed by atoms with Gasteiger partial charge in [-0.05, 0) is 42.1 Å². The lowest BCUT2D eigenvalue weighted by Crippen LogP contribution is -2.26. The van der Waals surface area contributed by atoms with Crippen molar-refractivity contribution < 1.29 is 4.79 Å². The first-order valence-electron chi connectivity index (χ1n) is 7.84. The Kier molecular flexibility index (Phi) is 4.09. The van der Waals surface area contributed by atoms with E-state index < -0.39 is 0 Å². The maximum atomic E-state index is 12.6. The van der Waals surface area contributed by atoms with Crippen LogP contribution in [0, 0.1) is 11.3 Å². The third-order valence-corrected chi connectivity index (χ3v) is 4.75. The highest BCUT2D eigenvalue weighted by Gasteiger charge is 2.31. The van der Waals surface area contributed by atoms with Gasteiger partial charge in [0.25, 0.3) is 0 Å². The van der Waals surface area contributed by atoms with Crippen molar-refractivity contribution in [3.05, 3.63) is 35.4 Å². The van der Waals surface area contributed by atoms with Crippen LogP contribution >= 0.6 is 0 Å². The second kappa shape index (κ2) is 5.35. The standard InChI is InChI=1S/C19H28O/c1-18(2,3)16-8-6-14(7-9-16)17(20)15-10-12-19(4,5)13-11-15/h6-9,15H,10-13H2,1-5H3. The van der Waals surface area contributed by atoms with E-state index >= 15 is 0 Å². The van der Waals surface area contributed by atoms with Gasteiger partial charge in [0.15, 0.2) is 5.78 Å². The van der Waals surface area contributed by atoms with E-state index in [4.69, 9.17) is 0 Å². The van der Waals surface area contributed by atoms with E-state index in [2.05, 4.69) is 46.8 Å². The number of carbonyl (C=O) groups is 1. The van der Waals surface area contributed by atoms with Gasteiger partial charge in [-0.2, -0.15) is 0 Å². The molecule has 1 nitrogen and oxygen atoms in total. The number of hydrogen-bond acceptors (Lipinski definition) is 1. The molecule has 1 aromatic rings. The van der Waals surface area contributed by atoms with Gasteiger partial charge < -0.3 is 0 Å². The zero-order chi connectivity index (χ0) is 15.0. The van der Waals surface area contributed by atoms with Crippen LogP contribution in [0.4, 0.5) is 0 Å². The van der Waals surface area contributed by atoms with Crippen LogP contribution in [0.25, 0.3) is 0 Å². The van der Waals surface area contributed by atoms with Crippen molar-refractivity contribution in [2.45, 2.75) is 65.7 Å². The molecule has 1 fully saturated rings. The molecular formula is C19H28O. The molecule has 110 valence electrons. The maximum absolute atomic E-state index is 12.6. The van der Waals surface area contributed by atoms with E-state index in [-0.39, 0.29) is 11.3 Å². The summed E-state index contributed by atoms with van der Waals surface area (Å²) in [5.74, 6) is 0.587. The molecule has 1 heteroatoms. The van der Waals surface area contributed by atoms with Gasteiger partial charge in [-0.15, -0.1) is 0 Å². The lowest BCUT2D eigenvalue weighted by Gasteiger charge is -2.33. The number of ketones is 1. The molecule has 1 saturated carbocycles. The number of benzene rings is 1. The molecule has 0 saturated heterocycles. The molecule has 0 N–H and O–H groups in total. The van der Waals surface area contributed by atoms with Crippen molar-refractivity contribution in [1.82, 2.24) is 0 Å². The van der Waals surface area contributed by atoms with E-state index in [9.17, 15) is 4.79 Å². The highest BCUT2D eigenvalue weighted by Crippen LogP contribution is 2.39. The third kappa shape index (κ3) is 3.50. The molecule has 1 aliphatic rings. The van der Waals surface area contributed by atoms with Gasteiger partial charge >= 0.3 is 0 Å². The van der Waals surface area contributed by atoms with Crippen LogP contribution in [0.15, 0.2) is 24.3 Å². The number of rotatable bonds is 2. The molecule has 0 aromatic heterocycles. The SMILES string of the molecule is CC1(C)CCC(C(=O)c2ccc(C(C)(C)C)cc2)CC1. The third-order valence-electron chi connectivity index (χ3n) is 4.75. The Hall–Kier alpha value is -1.11. The average Bonchev–Trinajstić information content (AvgIpc) is 2.37. The topological polar surface area (TPSA) is 17.1 Å². The Morgan fingerprint density at radius 3 is 2.00 bits per heavy atom. The molecule has 0 aliphatic heterocycles. The van der Waals surface area contributed by atoms with Crippen LogP contribution in [0.3, 0.4) is 0 Å². The van der Waals surface area contributed by atoms with E-state index in [1.54, 1.807) is 0 Å². The van der Waals surface area contributed by atoms with Crippen molar-refractivity contribution in [3.8, 4) is 0 Å². The molecule has 0 heterocycles. The lowest BCUT2D eigenvalue weighted by molar-refractivity contribution is 0.0838. The molecule has 20 heavy (non-hydrogen) atoms. The van der Waals surface area contributed by atoms with Crippen molar-refractivity contribution in [2.75, 3.05) is 0 Å². The predicted octanol–water partition coefficient (Wildman–Crippen LogP) is 5.38. The van der Waals surface area contributed by atoms with Gasteiger partial charge in [0.05, 0.1) is 0 Å². The fraction of sp³-hybridized carbons (Fsp3) is 0.632. The predicted molar refractivity (Wildman–Crippen MR) is 85.2 cm³/mol. The Morgan fingerprint density at radius 1 is 1.05 bits per heavy atom. The second-order valence-electron chi connectivity index (χ2n) is 8.13. The Balaban J connectivity index is 2.07. The molecular weight excluding hydrogens is 244 g/mol. The largest absolute Gasteiger partial charge is 0.294 e. The summed E-state index contributed by atoms with van der Waals surface area (Å²) in [5.41, 5.74) is 2.75. The number of hydrogen-bond donors (Lipinski definition) is 0. The normalized spacial score (nSPS) is 19.9. The monoisotopic (exact) mass is 272 g/mol. The van der Waals surface area contributed by atoms with E-state index in [0.29, 0.717) is 11.2 Å². The number of carbonyl (C=O) groups excluding carboxylic acids is 1. The van der Waals surface area contributed by atoms with Crippen molar-refractivity contribution in [2.24, 2.45) is 11.3 Å². The minimum Gasteiger partial charge on any atom is -0.294 e. The van der Waals surface area contributed by atoms with Crippen LogP contribution < -0.4 is 0 Å². The molecule has 2 rings (SSSR count). The lowest BCUT2D eigenvalue weighted by atomic mass is 9.71. The van der Waals surface area contributed by atoms with Crippen molar-refractivity contribution in [3.63, 3.8) is 0 Å². The van der Waals surface area contributed by atoms with Crippen LogP contribution in [0.5, 0.6) is 0 Å². The molecule has 0 amide bonds. The summed E-state index contributed by atoms with van der Waals surface area (Å²) in [4.78, 5) is 12.6. The fourth-order valence-corrected chi connectivity index (χ4v) is 3.03. The summed E-state index contributed by atoms with van der Waals surface area (Å²) in [6, 6.07) is 8.26. The van der Waals surface area contributed by atoms with Crippen molar-refractivity contribution in [1.29, 1.82) is 0 Å². The Morgan fingerprint density at radius 2 is 1.55 bits per heavy atom. The molecule has 0 atom stereocenters. The molecule has 1 aromatic carbocycles. The Labute approximate surface area is 123 Å². The fourth-order valence-electron chi connectivity index (χ4n) is 3.03. The van der Waals surface area contributed by atoms with E-state index in [0.717, 1.165) is 18.4 Å². The van der Waals surface area contributed by atoms with Crippen LogP contribution in [-0.2, 0) is 5.41 Å². The van der Waals surface area contributed by atoms with Gasteiger partial charge in [0.2, 0.25) is 0 Å². The van der Waals surface area contributed by atoms with E-state index in [1.807, 2.05) is 12.1 Å². The van der Waals surface area contributed by atoms with Gasteiger partial charge in [-0.3, -0.25) is 4.79 Å². The smallest absolute Gasteiger partial charge is 0.165 e. The maximum Gasteiger partial charge on any atom is 0.165 e. The molecule has 1 aliphatic carbocycles. The van der Waals surface area contributed by atoms with E-state index in [1.165, 1.54) is 18.4 Å². The summed E-state index contributed by atoms with van der Waals surface area (Å²) >= 11 is 0. The minimum absolute atomic E-state index is 0.149. The summed E-state index contributed by atoms with van der Waals surface area (Å²) in [7, 11) is 0. The first kappa shape index (κ1) is 15.3. The van der Waals surface area contributed by atoms with Gasteiger partial charge in [0, 0.05) is 11.5 Å². The van der Waals surface area contributed by atoms with Crippen LogP contribution in [-0.4, -0.2) is 5.78 Å². The average molecular weight is 272 g/mol. The van der Waals surface area contributed by atoms with Crippen molar-refractivity contribution >= 4 is 5.78 Å². The molecule has 0 radical (unpaired) electrons. The summed E-state index contributed by atoms with van der Waals surface area (Å²) < 4.78 is 0. The van der Waals surface area contributed by atoms with Crippen LogP contribution in [0.1, 0.15) is 76.2 Å². The molecule has 0 spiro atoms. The second-order valence-corrected chi connectivity index (χ2v) is 8.13. The first-order valence-corrected chi connectivity index (χ1v) is 7.84. The summed E-state index contributed by atoms with van der Waals surface area (Å²) in [6.45, 7) is 11.2. The van der Waals surface area contributed by atoms with Gasteiger partial charge in [-0.25, -0.2) is 0 Å². The molecule has 0 unspecified atom stereocenters. The quantitative estimate of drug-likeness (QED) is 0.660. The van der Waals surface area contributed by atoms with Gasteiger partial charge in [-0.1, -0.05) is 58.9 Å². The highest BCUT2D eigenvalue weighted by atomic mass is 16.1. The minimum atomic E-state index is 0.149.